The summed E-state index contributed by atoms with van der Waals surface area (Å²) in [7, 11) is 3.29. The van der Waals surface area contributed by atoms with E-state index in [2.05, 4.69) is 5.32 Å². The predicted molar refractivity (Wildman–Crippen MR) is 71.9 cm³/mol. The molecule has 0 aromatic rings. The number of nitrogens with one attached hydrogen (secondary N) is 1. The maximum Gasteiger partial charge on any atom is 0.327 e. The van der Waals surface area contributed by atoms with Crippen molar-refractivity contribution < 1.29 is 19.5 Å². The Balaban J connectivity index is 2.48. The van der Waals surface area contributed by atoms with Crippen molar-refractivity contribution in [2.24, 2.45) is 0 Å². The van der Waals surface area contributed by atoms with Crippen molar-refractivity contribution in [3.05, 3.63) is 0 Å². The SMILES string of the molecule is CC1SCC(C(=O)O)N1C(=O)NCCC(=O)N(C)C. The molecule has 1 aliphatic heterocycles. The van der Waals surface area contributed by atoms with E-state index in [0.29, 0.717) is 5.75 Å². The number of nitrogens with zero attached hydrogens (tertiary/aromatic N) is 2. The largest absolute Gasteiger partial charge is 0.480 e. The van der Waals surface area contributed by atoms with Crippen molar-refractivity contribution >= 4 is 29.7 Å². The van der Waals surface area contributed by atoms with Crippen LogP contribution in [0.2, 0.25) is 0 Å². The molecule has 2 atom stereocenters. The number of amides is 3. The zero-order valence-corrected chi connectivity index (χ0v) is 12.1. The first-order valence-corrected chi connectivity index (χ1v) is 7.00. The molecule has 2 unspecified atom stereocenters. The van der Waals surface area contributed by atoms with E-state index in [0.717, 1.165) is 0 Å². The lowest BCUT2D eigenvalue weighted by molar-refractivity contribution is -0.141. The topological polar surface area (TPSA) is 90.0 Å². The summed E-state index contributed by atoms with van der Waals surface area (Å²) in [5.41, 5.74) is 0. The molecule has 1 heterocycles. The number of carbonyl (C=O) groups is 3. The highest BCUT2D eigenvalue weighted by atomic mass is 32.2. The minimum Gasteiger partial charge on any atom is -0.480 e. The van der Waals surface area contributed by atoms with E-state index in [1.54, 1.807) is 21.0 Å². The highest BCUT2D eigenvalue weighted by molar-refractivity contribution is 8.00. The number of carboxylic acids is 1. The van der Waals surface area contributed by atoms with Crippen molar-refractivity contribution in [2.75, 3.05) is 26.4 Å². The lowest BCUT2D eigenvalue weighted by Crippen LogP contribution is -2.49. The molecule has 8 heteroatoms. The van der Waals surface area contributed by atoms with Gasteiger partial charge in [-0.05, 0) is 6.92 Å². The van der Waals surface area contributed by atoms with Gasteiger partial charge in [-0.3, -0.25) is 9.69 Å². The molecule has 1 fully saturated rings. The van der Waals surface area contributed by atoms with Crippen LogP contribution in [0.25, 0.3) is 0 Å². The fourth-order valence-corrected chi connectivity index (χ4v) is 2.90. The van der Waals surface area contributed by atoms with Crippen molar-refractivity contribution in [1.29, 1.82) is 0 Å². The van der Waals surface area contributed by atoms with Gasteiger partial charge in [0.25, 0.3) is 0 Å². The molecule has 0 saturated carbocycles. The predicted octanol–water partition coefficient (Wildman–Crippen LogP) is 0.0223. The molecule has 19 heavy (non-hydrogen) atoms. The van der Waals surface area contributed by atoms with Gasteiger partial charge in [-0.15, -0.1) is 11.8 Å². The normalized spacial score (nSPS) is 22.2. The van der Waals surface area contributed by atoms with Crippen molar-refractivity contribution in [3.8, 4) is 0 Å². The quantitative estimate of drug-likeness (QED) is 0.761. The summed E-state index contributed by atoms with van der Waals surface area (Å²) >= 11 is 1.42. The minimum absolute atomic E-state index is 0.0843. The maximum atomic E-state index is 11.9. The first-order valence-electron chi connectivity index (χ1n) is 5.95. The summed E-state index contributed by atoms with van der Waals surface area (Å²) in [4.78, 5) is 37.1. The Hall–Kier alpha value is -1.44. The summed E-state index contributed by atoms with van der Waals surface area (Å²) in [5.74, 6) is -0.698. The van der Waals surface area contributed by atoms with Crippen LogP contribution in [0.3, 0.4) is 0 Å². The molecular formula is C11H19N3O4S. The maximum absolute atomic E-state index is 11.9. The molecule has 1 rings (SSSR count). The molecule has 7 nitrogen and oxygen atoms in total. The molecule has 0 bridgehead atoms. The number of hydrogen-bond donors (Lipinski definition) is 2. The summed E-state index contributed by atoms with van der Waals surface area (Å²) in [5, 5.41) is 11.5. The summed E-state index contributed by atoms with van der Waals surface area (Å²) in [6.45, 7) is 1.99. The van der Waals surface area contributed by atoms with E-state index in [9.17, 15) is 14.4 Å². The molecule has 0 aliphatic carbocycles. The Kier molecular flexibility index (Phi) is 5.46. The Morgan fingerprint density at radius 1 is 1.42 bits per heavy atom. The van der Waals surface area contributed by atoms with Gasteiger partial charge >= 0.3 is 12.0 Å². The Bertz CT molecular complexity index is 375. The van der Waals surface area contributed by atoms with Gasteiger partial charge in [-0.2, -0.15) is 0 Å². The lowest BCUT2D eigenvalue weighted by atomic mass is 10.3. The molecule has 3 amide bonds. The Morgan fingerprint density at radius 3 is 2.58 bits per heavy atom. The van der Waals surface area contributed by atoms with Crippen LogP contribution in [0, 0.1) is 0 Å². The third-order valence-corrected chi connectivity index (χ3v) is 4.07. The lowest BCUT2D eigenvalue weighted by Gasteiger charge is -2.25. The van der Waals surface area contributed by atoms with Gasteiger partial charge in [-0.1, -0.05) is 0 Å². The van der Waals surface area contributed by atoms with Crippen LogP contribution >= 0.6 is 11.8 Å². The number of urea groups is 1. The van der Waals surface area contributed by atoms with E-state index >= 15 is 0 Å². The highest BCUT2D eigenvalue weighted by Gasteiger charge is 2.39. The molecule has 1 saturated heterocycles. The summed E-state index contributed by atoms with van der Waals surface area (Å²) < 4.78 is 0. The summed E-state index contributed by atoms with van der Waals surface area (Å²) in [6, 6.07) is -1.24. The van der Waals surface area contributed by atoms with Crippen molar-refractivity contribution in [1.82, 2.24) is 15.1 Å². The van der Waals surface area contributed by atoms with Gasteiger partial charge in [0, 0.05) is 32.8 Å². The van der Waals surface area contributed by atoms with Crippen LogP contribution in [0.15, 0.2) is 0 Å². The van der Waals surface area contributed by atoms with Crippen LogP contribution in [0.5, 0.6) is 0 Å². The van der Waals surface area contributed by atoms with Gasteiger partial charge in [0.1, 0.15) is 6.04 Å². The van der Waals surface area contributed by atoms with Crippen molar-refractivity contribution in [3.63, 3.8) is 0 Å². The van der Waals surface area contributed by atoms with E-state index < -0.39 is 18.0 Å². The summed E-state index contributed by atoms with van der Waals surface area (Å²) in [6.07, 6.45) is 0.200. The molecule has 0 radical (unpaired) electrons. The molecule has 1 aliphatic rings. The van der Waals surface area contributed by atoms with E-state index in [1.807, 2.05) is 0 Å². The average Bonchev–Trinajstić information content (AvgIpc) is 2.70. The van der Waals surface area contributed by atoms with Gasteiger partial charge < -0.3 is 15.3 Å². The monoisotopic (exact) mass is 289 g/mol. The third kappa shape index (κ3) is 4.02. The fourth-order valence-electron chi connectivity index (χ4n) is 1.73. The first-order chi connectivity index (χ1) is 8.84. The second-order valence-electron chi connectivity index (χ2n) is 4.46. The number of hydrogen-bond acceptors (Lipinski definition) is 4. The number of carboxylic acid groups (broad SMARTS) is 1. The molecule has 108 valence electrons. The molecule has 0 spiro atoms. The minimum atomic E-state index is -1.00. The number of carbonyl (C=O) groups excluding carboxylic acids is 2. The standard InChI is InChI=1S/C11H19N3O4S/c1-7-14(8(6-19-7)10(16)17)11(18)12-5-4-9(15)13(2)3/h7-8H,4-6H2,1-3H3,(H,12,18)(H,16,17). The number of rotatable bonds is 4. The average molecular weight is 289 g/mol. The first kappa shape index (κ1) is 15.6. The van der Waals surface area contributed by atoms with E-state index in [4.69, 9.17) is 5.11 Å². The molecule has 0 aromatic heterocycles. The van der Waals surface area contributed by atoms with E-state index in [-0.39, 0.29) is 24.2 Å². The Labute approximate surface area is 116 Å². The van der Waals surface area contributed by atoms with E-state index in [1.165, 1.54) is 21.6 Å². The van der Waals surface area contributed by atoms with Gasteiger partial charge in [0.05, 0.1) is 5.37 Å². The van der Waals surface area contributed by atoms with Crippen LogP contribution in [0.4, 0.5) is 4.79 Å². The number of aliphatic carboxylic acids is 1. The molecular weight excluding hydrogens is 270 g/mol. The fraction of sp³-hybridized carbons (Fsp3) is 0.727. The molecule has 0 aromatic carbocycles. The second kappa shape index (κ2) is 6.65. The van der Waals surface area contributed by atoms with Crippen LogP contribution < -0.4 is 5.32 Å². The van der Waals surface area contributed by atoms with Crippen LogP contribution in [-0.4, -0.2) is 70.6 Å². The second-order valence-corrected chi connectivity index (χ2v) is 5.81. The number of thioether (sulfide) groups is 1. The van der Waals surface area contributed by atoms with Crippen LogP contribution in [-0.2, 0) is 9.59 Å². The van der Waals surface area contributed by atoms with Gasteiger partial charge in [0.15, 0.2) is 0 Å². The Morgan fingerprint density at radius 2 is 2.05 bits per heavy atom. The highest BCUT2D eigenvalue weighted by Crippen LogP contribution is 2.28. The van der Waals surface area contributed by atoms with Crippen molar-refractivity contribution in [2.45, 2.75) is 24.8 Å². The zero-order valence-electron chi connectivity index (χ0n) is 11.3. The zero-order chi connectivity index (χ0) is 14.6. The smallest absolute Gasteiger partial charge is 0.327 e. The third-order valence-electron chi connectivity index (χ3n) is 2.86. The van der Waals surface area contributed by atoms with Gasteiger partial charge in [-0.25, -0.2) is 9.59 Å². The van der Waals surface area contributed by atoms with Crippen LogP contribution in [0.1, 0.15) is 13.3 Å². The molecule has 2 N–H and O–H groups in total. The van der Waals surface area contributed by atoms with Gasteiger partial charge in [0.2, 0.25) is 5.91 Å².